The van der Waals surface area contributed by atoms with E-state index in [-0.39, 0.29) is 17.7 Å². The van der Waals surface area contributed by atoms with Gasteiger partial charge in [0.05, 0.1) is 11.4 Å². The van der Waals surface area contributed by atoms with E-state index in [0.29, 0.717) is 38.6 Å². The molecule has 2 aromatic carbocycles. The Balaban J connectivity index is 1.91. The fourth-order valence-corrected chi connectivity index (χ4v) is 3.40. The molecule has 0 aliphatic rings. The van der Waals surface area contributed by atoms with Crippen LogP contribution in [0, 0.1) is 6.92 Å². The molecule has 166 valence electrons. The molecule has 0 atom stereocenters. The maximum absolute atomic E-state index is 13.2. The van der Waals surface area contributed by atoms with Gasteiger partial charge in [-0.05, 0) is 43.3 Å². The van der Waals surface area contributed by atoms with Crippen molar-refractivity contribution in [3.63, 3.8) is 0 Å². The number of nitrogens with zero attached hydrogens (tertiary/aromatic N) is 2. The summed E-state index contributed by atoms with van der Waals surface area (Å²) in [5, 5.41) is 3.97. The fourth-order valence-electron chi connectivity index (χ4n) is 3.21. The number of para-hydroxylation sites is 1. The average molecular weight is 462 g/mol. The molecule has 7 nitrogen and oxygen atoms in total. The highest BCUT2D eigenvalue weighted by Crippen LogP contribution is 2.23. The zero-order valence-electron chi connectivity index (χ0n) is 18.0. The Morgan fingerprint density at radius 2 is 1.91 bits per heavy atom. The third-order valence-corrected chi connectivity index (χ3v) is 5.03. The lowest BCUT2D eigenvalue weighted by atomic mass is 10.1. The van der Waals surface area contributed by atoms with Crippen LogP contribution in [0.1, 0.15) is 28.5 Å². The van der Waals surface area contributed by atoms with Crippen LogP contribution in [0.15, 0.2) is 76.3 Å². The number of carbonyl (C=O) groups is 2. The lowest BCUT2D eigenvalue weighted by Crippen LogP contribution is -2.22. The van der Waals surface area contributed by atoms with Crippen molar-refractivity contribution in [2.45, 2.75) is 20.5 Å². The first-order valence-corrected chi connectivity index (χ1v) is 10.5. The van der Waals surface area contributed by atoms with E-state index in [0.717, 1.165) is 0 Å². The third-order valence-electron chi connectivity index (χ3n) is 4.80. The van der Waals surface area contributed by atoms with Gasteiger partial charge in [0.1, 0.15) is 12.2 Å². The van der Waals surface area contributed by atoms with Gasteiger partial charge in [-0.2, -0.15) is 0 Å². The number of carbonyl (C=O) groups excluding carboxylic acids is 2. The van der Waals surface area contributed by atoms with E-state index in [2.05, 4.69) is 15.3 Å². The number of anilines is 1. The van der Waals surface area contributed by atoms with Gasteiger partial charge in [-0.1, -0.05) is 35.9 Å². The highest BCUT2D eigenvalue weighted by atomic mass is 35.5. The largest absolute Gasteiger partial charge is 0.461 e. The summed E-state index contributed by atoms with van der Waals surface area (Å²) in [5.74, 6) is -0.823. The van der Waals surface area contributed by atoms with Gasteiger partial charge in [-0.15, -0.1) is 0 Å². The zero-order valence-corrected chi connectivity index (χ0v) is 18.7. The molecule has 4 aromatic rings. The molecule has 0 saturated heterocycles. The Hall–Kier alpha value is -3.97. The molecular formula is C25H20ClN3O4. The van der Waals surface area contributed by atoms with E-state index in [1.807, 2.05) is 18.2 Å². The topological polar surface area (TPSA) is 93.8 Å². The number of aromatic nitrogens is 1. The molecule has 4 rings (SSSR count). The minimum atomic E-state index is -0.421. The Labute approximate surface area is 194 Å². The van der Waals surface area contributed by atoms with Crippen LogP contribution in [-0.2, 0) is 16.1 Å². The monoisotopic (exact) mass is 461 g/mol. The van der Waals surface area contributed by atoms with Crippen molar-refractivity contribution in [3.8, 4) is 0 Å². The van der Waals surface area contributed by atoms with Crippen molar-refractivity contribution in [2.24, 2.45) is 4.99 Å². The van der Waals surface area contributed by atoms with Gasteiger partial charge in [0.25, 0.3) is 5.91 Å². The molecule has 8 heteroatoms. The van der Waals surface area contributed by atoms with Crippen LogP contribution in [0.5, 0.6) is 0 Å². The van der Waals surface area contributed by atoms with Gasteiger partial charge in [-0.3, -0.25) is 14.6 Å². The molecule has 1 N–H and O–H groups in total. The van der Waals surface area contributed by atoms with Crippen LogP contribution in [0.2, 0.25) is 5.02 Å². The van der Waals surface area contributed by atoms with E-state index < -0.39 is 11.9 Å². The van der Waals surface area contributed by atoms with Gasteiger partial charge in [0.2, 0.25) is 5.55 Å². The molecule has 0 aliphatic carbocycles. The Morgan fingerprint density at radius 3 is 2.64 bits per heavy atom. The second-order valence-electron chi connectivity index (χ2n) is 7.27. The van der Waals surface area contributed by atoms with Crippen molar-refractivity contribution < 1.29 is 18.7 Å². The van der Waals surface area contributed by atoms with Crippen LogP contribution < -0.4 is 10.9 Å². The molecule has 0 fully saturated rings. The Kier molecular flexibility index (Phi) is 6.51. The number of halogens is 1. The maximum atomic E-state index is 13.2. The Morgan fingerprint density at radius 1 is 1.12 bits per heavy atom. The summed E-state index contributed by atoms with van der Waals surface area (Å²) >= 11 is 6.10. The lowest BCUT2D eigenvalue weighted by molar-refractivity contribution is -0.142. The second-order valence-corrected chi connectivity index (χ2v) is 7.71. The molecule has 33 heavy (non-hydrogen) atoms. The van der Waals surface area contributed by atoms with E-state index in [9.17, 15) is 9.59 Å². The average Bonchev–Trinajstić information content (AvgIpc) is 2.79. The van der Waals surface area contributed by atoms with E-state index in [1.54, 1.807) is 55.6 Å². The van der Waals surface area contributed by atoms with Crippen molar-refractivity contribution >= 4 is 45.8 Å². The molecule has 0 unspecified atom stereocenters. The fraction of sp³-hybridized carbons (Fsp3) is 0.120. The summed E-state index contributed by atoms with van der Waals surface area (Å²) in [6.45, 7) is 3.11. The normalized spacial score (nSPS) is 11.4. The van der Waals surface area contributed by atoms with Gasteiger partial charge in [0, 0.05) is 34.8 Å². The van der Waals surface area contributed by atoms with Crippen LogP contribution in [0.4, 0.5) is 11.4 Å². The summed E-state index contributed by atoms with van der Waals surface area (Å²) in [4.78, 5) is 33.4. The molecular weight excluding hydrogens is 442 g/mol. The Bertz CT molecular complexity index is 1410. The van der Waals surface area contributed by atoms with Gasteiger partial charge < -0.3 is 14.5 Å². The molecule has 0 saturated carbocycles. The highest BCUT2D eigenvalue weighted by molar-refractivity contribution is 6.30. The number of nitrogens with one attached hydrogen (secondary N) is 1. The first kappa shape index (κ1) is 22.2. The number of hydrogen-bond acceptors (Lipinski definition) is 6. The number of fused-ring (bicyclic) bond motifs is 1. The quantitative estimate of drug-likeness (QED) is 0.405. The number of esters is 1. The highest BCUT2D eigenvalue weighted by Gasteiger charge is 2.17. The standard InChI is InChI=1S/C25H20ClN3O4/c1-15-23-21(17(13-27-15)14-32-16(2)30)12-22(24(31)28-19-8-4-3-5-9-19)25(33-23)29-20-10-6-7-18(26)11-20/h3-13H,14H2,1-2H3,(H,28,31). The SMILES string of the molecule is CC(=O)OCc1cnc(C)c2oc(=Nc3cccc(Cl)c3)c(C(=O)Nc3ccccc3)cc12. The summed E-state index contributed by atoms with van der Waals surface area (Å²) in [7, 11) is 0. The summed E-state index contributed by atoms with van der Waals surface area (Å²) < 4.78 is 11.3. The molecule has 0 radical (unpaired) electrons. The maximum Gasteiger partial charge on any atom is 0.302 e. The van der Waals surface area contributed by atoms with E-state index >= 15 is 0 Å². The molecule has 0 aliphatic heterocycles. The minimum absolute atomic E-state index is 0.000833. The number of hydrogen-bond donors (Lipinski definition) is 1. The summed E-state index contributed by atoms with van der Waals surface area (Å²) in [5.41, 5.74) is 3.13. The predicted octanol–water partition coefficient (Wildman–Crippen LogP) is 5.34. The first-order chi connectivity index (χ1) is 15.9. The molecule has 1 amide bonds. The van der Waals surface area contributed by atoms with Crippen molar-refractivity contribution in [1.82, 2.24) is 4.98 Å². The van der Waals surface area contributed by atoms with Crippen LogP contribution in [0.3, 0.4) is 0 Å². The first-order valence-electron chi connectivity index (χ1n) is 10.1. The number of ether oxygens (including phenoxy) is 1. The van der Waals surface area contributed by atoms with Gasteiger partial charge >= 0.3 is 5.97 Å². The van der Waals surface area contributed by atoms with Crippen molar-refractivity contribution in [3.05, 3.63) is 94.3 Å². The van der Waals surface area contributed by atoms with E-state index in [1.165, 1.54) is 6.92 Å². The third kappa shape index (κ3) is 5.27. The van der Waals surface area contributed by atoms with Crippen molar-refractivity contribution in [1.29, 1.82) is 0 Å². The van der Waals surface area contributed by atoms with Gasteiger partial charge in [0.15, 0.2) is 5.58 Å². The number of aryl methyl sites for hydroxylation is 1. The molecule has 0 bridgehead atoms. The lowest BCUT2D eigenvalue weighted by Gasteiger charge is -2.11. The second kappa shape index (κ2) is 9.67. The van der Waals surface area contributed by atoms with Crippen LogP contribution in [-0.4, -0.2) is 16.9 Å². The van der Waals surface area contributed by atoms with Gasteiger partial charge in [-0.25, -0.2) is 4.99 Å². The number of benzene rings is 2. The summed E-state index contributed by atoms with van der Waals surface area (Å²) in [6.07, 6.45) is 1.60. The predicted molar refractivity (Wildman–Crippen MR) is 125 cm³/mol. The van der Waals surface area contributed by atoms with Crippen LogP contribution >= 0.6 is 11.6 Å². The number of rotatable bonds is 5. The minimum Gasteiger partial charge on any atom is -0.461 e. The molecule has 2 heterocycles. The number of amides is 1. The van der Waals surface area contributed by atoms with Crippen LogP contribution in [0.25, 0.3) is 11.0 Å². The summed E-state index contributed by atoms with van der Waals surface area (Å²) in [6, 6.07) is 17.7. The molecule has 2 aromatic heterocycles. The zero-order chi connectivity index (χ0) is 23.4. The van der Waals surface area contributed by atoms with Crippen molar-refractivity contribution in [2.75, 3.05) is 5.32 Å². The van der Waals surface area contributed by atoms with E-state index in [4.69, 9.17) is 20.8 Å². The smallest absolute Gasteiger partial charge is 0.302 e. The molecule has 0 spiro atoms. The number of pyridine rings is 1.